The molecule has 28 heavy (non-hydrogen) atoms. The Morgan fingerprint density at radius 2 is 1.89 bits per heavy atom. The molecule has 3 rings (SSSR count). The van der Waals surface area contributed by atoms with Crippen LogP contribution in [-0.2, 0) is 10.2 Å². The molecule has 0 spiro atoms. The van der Waals surface area contributed by atoms with Crippen molar-refractivity contribution in [2.24, 2.45) is 11.1 Å². The number of rotatable bonds is 7. The lowest BCUT2D eigenvalue weighted by Gasteiger charge is -2.34. The number of halogens is 1. The average molecular weight is 412 g/mol. The van der Waals surface area contributed by atoms with Crippen molar-refractivity contribution in [1.29, 1.82) is 0 Å². The highest BCUT2D eigenvalue weighted by molar-refractivity contribution is 7.87. The Balaban J connectivity index is 1.78. The van der Waals surface area contributed by atoms with E-state index >= 15 is 0 Å². The summed E-state index contributed by atoms with van der Waals surface area (Å²) in [5, 5.41) is 5.62. The van der Waals surface area contributed by atoms with E-state index in [1.54, 1.807) is 19.2 Å². The molecule has 1 fully saturated rings. The fraction of sp³-hybridized carbons (Fsp3) is 0.500. The summed E-state index contributed by atoms with van der Waals surface area (Å²) in [5.74, 6) is 1.04. The number of nitrogens with two attached hydrogens (primary N) is 1. The first-order valence-corrected chi connectivity index (χ1v) is 10.6. The average Bonchev–Trinajstić information content (AvgIpc) is 2.66. The lowest BCUT2D eigenvalue weighted by molar-refractivity contribution is 0.355. The molecule has 0 aliphatic carbocycles. The van der Waals surface area contributed by atoms with Crippen molar-refractivity contribution in [3.05, 3.63) is 24.1 Å². The zero-order chi connectivity index (χ0) is 20.3. The molecule has 0 amide bonds. The van der Waals surface area contributed by atoms with Gasteiger partial charge in [-0.15, -0.1) is 0 Å². The number of fused-ring (bicyclic) bond motifs is 1. The lowest BCUT2D eigenvalue weighted by atomic mass is 9.93. The molecular formula is C18H25FN4O4S. The fourth-order valence-corrected chi connectivity index (χ4v) is 4.06. The minimum atomic E-state index is -3.66. The molecule has 1 saturated heterocycles. The molecule has 0 unspecified atom stereocenters. The number of methoxy groups -OCH3 is 2. The van der Waals surface area contributed by atoms with Crippen molar-refractivity contribution in [1.82, 2.24) is 9.71 Å². The first-order valence-electron chi connectivity index (χ1n) is 9.05. The smallest absolute Gasteiger partial charge is 0.274 e. The quantitative estimate of drug-likeness (QED) is 0.718. The maximum absolute atomic E-state index is 14.7. The standard InChI is InChI=1S/C18H25FN4O4S/c1-26-16-9-13-15(10-17(16)27-2)21-11-14(19)18(13)23-7-4-12(5-8-23)3-6-22-28(20,24)25/h9-12,22H,3-8H2,1-2H3,(H2,20,24,25). The molecule has 0 saturated carbocycles. The van der Waals surface area contributed by atoms with E-state index in [9.17, 15) is 12.8 Å². The number of benzene rings is 1. The van der Waals surface area contributed by atoms with E-state index in [1.165, 1.54) is 13.3 Å². The van der Waals surface area contributed by atoms with Gasteiger partial charge in [-0.3, -0.25) is 4.98 Å². The predicted octanol–water partition coefficient (Wildman–Crippen LogP) is 1.79. The van der Waals surface area contributed by atoms with Crippen molar-refractivity contribution in [2.45, 2.75) is 19.3 Å². The highest BCUT2D eigenvalue weighted by atomic mass is 32.2. The summed E-state index contributed by atoms with van der Waals surface area (Å²) in [5.41, 5.74) is 1.14. The summed E-state index contributed by atoms with van der Waals surface area (Å²) in [6.07, 6.45) is 3.60. The number of hydrogen-bond acceptors (Lipinski definition) is 6. The van der Waals surface area contributed by atoms with Crippen LogP contribution in [0.15, 0.2) is 18.3 Å². The summed E-state index contributed by atoms with van der Waals surface area (Å²) in [4.78, 5) is 6.19. The van der Waals surface area contributed by atoms with Crippen molar-refractivity contribution in [3.63, 3.8) is 0 Å². The van der Waals surface area contributed by atoms with Gasteiger partial charge in [0.15, 0.2) is 17.3 Å². The van der Waals surface area contributed by atoms with Crippen LogP contribution in [0, 0.1) is 11.7 Å². The second-order valence-corrected chi connectivity index (χ2v) is 8.22. The van der Waals surface area contributed by atoms with Gasteiger partial charge in [-0.05, 0) is 31.2 Å². The topological polar surface area (TPSA) is 107 Å². The van der Waals surface area contributed by atoms with Crippen LogP contribution in [0.1, 0.15) is 19.3 Å². The molecule has 1 aromatic heterocycles. The van der Waals surface area contributed by atoms with Gasteiger partial charge in [0, 0.05) is 31.1 Å². The van der Waals surface area contributed by atoms with Gasteiger partial charge in [0.1, 0.15) is 0 Å². The van der Waals surface area contributed by atoms with Gasteiger partial charge in [0.25, 0.3) is 10.2 Å². The molecule has 2 aromatic rings. The molecule has 154 valence electrons. The Hall–Kier alpha value is -2.17. The molecule has 1 aliphatic rings. The number of anilines is 1. The first-order chi connectivity index (χ1) is 13.3. The van der Waals surface area contributed by atoms with Crippen LogP contribution in [-0.4, -0.2) is 47.3 Å². The zero-order valence-corrected chi connectivity index (χ0v) is 16.8. The Morgan fingerprint density at radius 1 is 1.25 bits per heavy atom. The third-order valence-corrected chi connectivity index (χ3v) is 5.69. The van der Waals surface area contributed by atoms with Crippen LogP contribution in [0.25, 0.3) is 10.9 Å². The molecule has 10 heteroatoms. The number of nitrogens with zero attached hydrogens (tertiary/aromatic N) is 2. The summed E-state index contributed by atoms with van der Waals surface area (Å²) in [7, 11) is -0.576. The second kappa shape index (κ2) is 8.46. The third kappa shape index (κ3) is 4.62. The van der Waals surface area contributed by atoms with Gasteiger partial charge >= 0.3 is 0 Å². The molecule has 2 heterocycles. The van der Waals surface area contributed by atoms with E-state index in [2.05, 4.69) is 9.71 Å². The molecule has 0 bridgehead atoms. The normalized spacial score (nSPS) is 15.8. The lowest BCUT2D eigenvalue weighted by Crippen LogP contribution is -2.37. The molecule has 1 aromatic carbocycles. The van der Waals surface area contributed by atoms with E-state index in [-0.39, 0.29) is 5.82 Å². The first kappa shape index (κ1) is 20.6. The number of ether oxygens (including phenoxy) is 2. The highest BCUT2D eigenvalue weighted by Gasteiger charge is 2.24. The van der Waals surface area contributed by atoms with E-state index in [1.807, 2.05) is 4.90 Å². The Bertz CT molecular complexity index is 946. The van der Waals surface area contributed by atoms with E-state index < -0.39 is 10.2 Å². The van der Waals surface area contributed by atoms with E-state index in [0.717, 1.165) is 12.8 Å². The number of nitrogens with one attached hydrogen (secondary N) is 1. The van der Waals surface area contributed by atoms with Crippen LogP contribution < -0.4 is 24.2 Å². The molecule has 0 radical (unpaired) electrons. The molecule has 3 N–H and O–H groups in total. The number of hydrogen-bond donors (Lipinski definition) is 2. The number of pyridine rings is 1. The van der Waals surface area contributed by atoms with Crippen LogP contribution in [0.4, 0.5) is 10.1 Å². The van der Waals surface area contributed by atoms with Crippen molar-refractivity contribution < 1.29 is 22.3 Å². The SMILES string of the molecule is COc1cc2ncc(F)c(N3CCC(CCNS(N)(=O)=O)CC3)c2cc1OC. The second-order valence-electron chi connectivity index (χ2n) is 6.84. The van der Waals surface area contributed by atoms with Crippen molar-refractivity contribution >= 4 is 26.8 Å². The summed E-state index contributed by atoms with van der Waals surface area (Å²) in [6.45, 7) is 1.65. The monoisotopic (exact) mass is 412 g/mol. The summed E-state index contributed by atoms with van der Waals surface area (Å²) in [6, 6.07) is 3.49. The van der Waals surface area contributed by atoms with Crippen molar-refractivity contribution in [3.8, 4) is 11.5 Å². The molecule has 1 aliphatic heterocycles. The van der Waals surface area contributed by atoms with Gasteiger partial charge in [-0.25, -0.2) is 14.3 Å². The number of aromatic nitrogens is 1. The summed E-state index contributed by atoms with van der Waals surface area (Å²) >= 11 is 0. The fourth-order valence-electron chi connectivity index (χ4n) is 3.65. The van der Waals surface area contributed by atoms with Crippen LogP contribution >= 0.6 is 0 Å². The van der Waals surface area contributed by atoms with E-state index in [4.69, 9.17) is 14.6 Å². The highest BCUT2D eigenvalue weighted by Crippen LogP contribution is 2.38. The van der Waals surface area contributed by atoms with Crippen LogP contribution in [0.2, 0.25) is 0 Å². The Morgan fingerprint density at radius 3 is 2.50 bits per heavy atom. The van der Waals surface area contributed by atoms with Gasteiger partial charge in [-0.2, -0.15) is 8.42 Å². The van der Waals surface area contributed by atoms with Crippen LogP contribution in [0.3, 0.4) is 0 Å². The van der Waals surface area contributed by atoms with Gasteiger partial charge in [0.2, 0.25) is 0 Å². The minimum absolute atomic E-state index is 0.313. The molecule has 8 nitrogen and oxygen atoms in total. The van der Waals surface area contributed by atoms with Crippen molar-refractivity contribution in [2.75, 3.05) is 38.8 Å². The predicted molar refractivity (Wildman–Crippen MR) is 105 cm³/mol. The van der Waals surface area contributed by atoms with E-state index in [0.29, 0.717) is 60.1 Å². The maximum atomic E-state index is 14.7. The minimum Gasteiger partial charge on any atom is -0.493 e. The largest absolute Gasteiger partial charge is 0.493 e. The number of piperidine rings is 1. The Kier molecular flexibility index (Phi) is 6.21. The zero-order valence-electron chi connectivity index (χ0n) is 15.9. The molecular weight excluding hydrogens is 387 g/mol. The van der Waals surface area contributed by atoms with Gasteiger partial charge < -0.3 is 14.4 Å². The maximum Gasteiger partial charge on any atom is 0.274 e. The van der Waals surface area contributed by atoms with Gasteiger partial charge in [0.05, 0.1) is 31.6 Å². The Labute approximate surface area is 164 Å². The molecule has 0 atom stereocenters. The van der Waals surface area contributed by atoms with Gasteiger partial charge in [-0.1, -0.05) is 0 Å². The summed E-state index contributed by atoms with van der Waals surface area (Å²) < 4.78 is 49.6. The van der Waals surface area contributed by atoms with Crippen LogP contribution in [0.5, 0.6) is 11.5 Å². The third-order valence-electron chi connectivity index (χ3n) is 5.09.